The van der Waals surface area contributed by atoms with Crippen molar-refractivity contribution in [3.63, 3.8) is 0 Å². The van der Waals surface area contributed by atoms with Crippen molar-refractivity contribution in [3.8, 4) is 0 Å². The van der Waals surface area contributed by atoms with Crippen molar-refractivity contribution in [2.45, 2.75) is 0 Å². The fourth-order valence-corrected chi connectivity index (χ4v) is 3.28. The minimum absolute atomic E-state index is 0.0179. The number of benzene rings is 2. The summed E-state index contributed by atoms with van der Waals surface area (Å²) >= 11 is 6.21. The van der Waals surface area contributed by atoms with E-state index in [4.69, 9.17) is 16.3 Å². The maximum absolute atomic E-state index is 12.3. The molecule has 6 nitrogen and oxygen atoms in total. The number of nitrogens with zero attached hydrogens (tertiary/aromatic N) is 1. The maximum atomic E-state index is 12.3. The molecule has 0 saturated heterocycles. The lowest BCUT2D eigenvalue weighted by molar-refractivity contribution is 0.0416. The molecule has 4 rings (SSSR count). The SMILES string of the molecule is O=C(OCCN1C(=O)c2ccccc2C1=O)c1[nH]c2ccccc2c1Cl. The van der Waals surface area contributed by atoms with Gasteiger partial charge in [-0.3, -0.25) is 14.5 Å². The monoisotopic (exact) mass is 368 g/mol. The lowest BCUT2D eigenvalue weighted by Gasteiger charge is -2.13. The molecule has 0 radical (unpaired) electrons. The quantitative estimate of drug-likeness (QED) is 0.566. The van der Waals surface area contributed by atoms with Gasteiger partial charge in [0.1, 0.15) is 12.3 Å². The number of ether oxygens (including phenoxy) is 1. The molecule has 0 bridgehead atoms. The number of hydrogen-bond donors (Lipinski definition) is 1. The highest BCUT2D eigenvalue weighted by atomic mass is 35.5. The van der Waals surface area contributed by atoms with Crippen LogP contribution in [0.4, 0.5) is 0 Å². The van der Waals surface area contributed by atoms with E-state index in [-0.39, 0.29) is 35.7 Å². The van der Waals surface area contributed by atoms with Crippen LogP contribution in [0.25, 0.3) is 10.9 Å². The molecule has 0 atom stereocenters. The van der Waals surface area contributed by atoms with Gasteiger partial charge in [0.05, 0.1) is 22.7 Å². The molecule has 2 aromatic carbocycles. The first kappa shape index (κ1) is 16.4. The molecule has 1 N–H and O–H groups in total. The van der Waals surface area contributed by atoms with Crippen molar-refractivity contribution in [2.75, 3.05) is 13.2 Å². The number of H-pyrrole nitrogens is 1. The fraction of sp³-hybridized carbons (Fsp3) is 0.105. The minimum Gasteiger partial charge on any atom is -0.459 e. The van der Waals surface area contributed by atoms with Gasteiger partial charge in [-0.15, -0.1) is 0 Å². The number of carbonyl (C=O) groups is 3. The molecule has 0 spiro atoms. The minimum atomic E-state index is -0.636. The van der Waals surface area contributed by atoms with E-state index in [1.165, 1.54) is 0 Å². The van der Waals surface area contributed by atoms with Crippen LogP contribution >= 0.6 is 11.6 Å². The largest absolute Gasteiger partial charge is 0.459 e. The van der Waals surface area contributed by atoms with E-state index in [9.17, 15) is 14.4 Å². The van der Waals surface area contributed by atoms with E-state index >= 15 is 0 Å². The van der Waals surface area contributed by atoms with Gasteiger partial charge in [-0.05, 0) is 18.2 Å². The van der Waals surface area contributed by atoms with E-state index in [1.54, 1.807) is 36.4 Å². The summed E-state index contributed by atoms with van der Waals surface area (Å²) in [6.07, 6.45) is 0. The lowest BCUT2D eigenvalue weighted by atomic mass is 10.1. The number of halogens is 1. The standard InChI is InChI=1S/C19H13ClN2O4/c20-15-13-7-3-4-8-14(13)21-16(15)19(25)26-10-9-22-17(23)11-5-1-2-6-12(11)18(22)24/h1-8,21H,9-10H2. The predicted molar refractivity (Wildman–Crippen MR) is 95.4 cm³/mol. The van der Waals surface area contributed by atoms with Crippen LogP contribution in [0.5, 0.6) is 0 Å². The van der Waals surface area contributed by atoms with Crippen LogP contribution in [0.1, 0.15) is 31.2 Å². The van der Waals surface area contributed by atoms with Crippen molar-refractivity contribution >= 4 is 40.3 Å². The zero-order valence-corrected chi connectivity index (χ0v) is 14.2. The van der Waals surface area contributed by atoms with Crippen molar-refractivity contribution in [1.29, 1.82) is 0 Å². The average molecular weight is 369 g/mol. The van der Waals surface area contributed by atoms with E-state index in [0.29, 0.717) is 11.1 Å². The summed E-state index contributed by atoms with van der Waals surface area (Å²) < 4.78 is 5.20. The number of esters is 1. The molecule has 2 amide bonds. The Morgan fingerprint density at radius 1 is 1.00 bits per heavy atom. The maximum Gasteiger partial charge on any atom is 0.356 e. The van der Waals surface area contributed by atoms with Crippen molar-refractivity contribution in [1.82, 2.24) is 9.88 Å². The van der Waals surface area contributed by atoms with E-state index in [2.05, 4.69) is 4.98 Å². The highest BCUT2D eigenvalue weighted by Crippen LogP contribution is 2.27. The molecule has 1 aliphatic rings. The van der Waals surface area contributed by atoms with Crippen LogP contribution in [0.15, 0.2) is 48.5 Å². The molecule has 130 valence electrons. The topological polar surface area (TPSA) is 79.5 Å². The van der Waals surface area contributed by atoms with E-state index in [1.807, 2.05) is 12.1 Å². The number of nitrogens with one attached hydrogen (secondary N) is 1. The van der Waals surface area contributed by atoms with Crippen molar-refractivity contribution < 1.29 is 19.1 Å². The number of fused-ring (bicyclic) bond motifs is 2. The molecule has 2 heterocycles. The normalized spacial score (nSPS) is 13.3. The third-order valence-electron chi connectivity index (χ3n) is 4.27. The molecule has 7 heteroatoms. The lowest BCUT2D eigenvalue weighted by Crippen LogP contribution is -2.33. The number of para-hydroxylation sites is 1. The van der Waals surface area contributed by atoms with Gasteiger partial charge in [-0.25, -0.2) is 4.79 Å². The van der Waals surface area contributed by atoms with Crippen molar-refractivity contribution in [3.05, 3.63) is 70.4 Å². The van der Waals surface area contributed by atoms with Gasteiger partial charge < -0.3 is 9.72 Å². The number of hydrogen-bond acceptors (Lipinski definition) is 4. The van der Waals surface area contributed by atoms with Gasteiger partial charge >= 0.3 is 5.97 Å². The molecule has 26 heavy (non-hydrogen) atoms. The molecule has 0 saturated carbocycles. The number of aromatic nitrogens is 1. The second-order valence-corrected chi connectivity index (χ2v) is 6.18. The van der Waals surface area contributed by atoms with Crippen molar-refractivity contribution in [2.24, 2.45) is 0 Å². The third kappa shape index (κ3) is 2.55. The molecule has 1 aromatic heterocycles. The second kappa shape index (κ2) is 6.31. The predicted octanol–water partition coefficient (Wildman–Crippen LogP) is 3.27. The summed E-state index contributed by atoms with van der Waals surface area (Å²) in [5.74, 6) is -1.40. The highest BCUT2D eigenvalue weighted by Gasteiger charge is 2.34. The summed E-state index contributed by atoms with van der Waals surface area (Å²) in [7, 11) is 0. The Morgan fingerprint density at radius 3 is 2.27 bits per heavy atom. The number of aromatic amines is 1. The van der Waals surface area contributed by atoms with Crippen LogP contribution < -0.4 is 0 Å². The number of imide groups is 1. The first-order valence-electron chi connectivity index (χ1n) is 7.96. The molecule has 0 fully saturated rings. The molecular formula is C19H13ClN2O4. The Hall–Kier alpha value is -3.12. The summed E-state index contributed by atoms with van der Waals surface area (Å²) in [5.41, 5.74) is 1.60. The Morgan fingerprint density at radius 2 is 1.62 bits per heavy atom. The zero-order chi connectivity index (χ0) is 18.3. The zero-order valence-electron chi connectivity index (χ0n) is 13.5. The fourth-order valence-electron chi connectivity index (χ4n) is 2.99. The van der Waals surface area contributed by atoms with E-state index < -0.39 is 5.97 Å². The Kier molecular flexibility index (Phi) is 3.97. The van der Waals surface area contributed by atoms with Gasteiger partial charge in [-0.2, -0.15) is 0 Å². The van der Waals surface area contributed by atoms with Gasteiger partial charge in [0.25, 0.3) is 11.8 Å². The van der Waals surface area contributed by atoms with Crippen LogP contribution in [-0.2, 0) is 4.74 Å². The molecule has 1 aliphatic heterocycles. The molecule has 3 aromatic rings. The first-order valence-corrected chi connectivity index (χ1v) is 8.34. The number of amides is 2. The molecular weight excluding hydrogens is 356 g/mol. The Labute approximate surface area is 153 Å². The Bertz CT molecular complexity index is 1020. The molecule has 0 aliphatic carbocycles. The van der Waals surface area contributed by atoms with Gasteiger partial charge in [0, 0.05) is 10.9 Å². The summed E-state index contributed by atoms with van der Waals surface area (Å²) in [6.45, 7) is -0.133. The first-order chi connectivity index (χ1) is 12.6. The second-order valence-electron chi connectivity index (χ2n) is 5.80. The third-order valence-corrected chi connectivity index (χ3v) is 4.67. The number of carbonyl (C=O) groups excluding carboxylic acids is 3. The van der Waals surface area contributed by atoms with E-state index in [0.717, 1.165) is 15.8 Å². The molecule has 0 unspecified atom stereocenters. The van der Waals surface area contributed by atoms with Gasteiger partial charge in [0.2, 0.25) is 0 Å². The van der Waals surface area contributed by atoms with Crippen LogP contribution in [0, 0.1) is 0 Å². The van der Waals surface area contributed by atoms with Gasteiger partial charge in [0.15, 0.2) is 0 Å². The van der Waals surface area contributed by atoms with Crippen LogP contribution in [-0.4, -0.2) is 40.8 Å². The summed E-state index contributed by atoms with van der Waals surface area (Å²) in [4.78, 5) is 40.8. The highest BCUT2D eigenvalue weighted by molar-refractivity contribution is 6.38. The average Bonchev–Trinajstić information content (AvgIpc) is 3.12. The van der Waals surface area contributed by atoms with Crippen LogP contribution in [0.2, 0.25) is 5.02 Å². The smallest absolute Gasteiger partial charge is 0.356 e. The Balaban J connectivity index is 1.44. The summed E-state index contributed by atoms with van der Waals surface area (Å²) in [5, 5.41) is 1.01. The van der Waals surface area contributed by atoms with Gasteiger partial charge in [-0.1, -0.05) is 41.9 Å². The van der Waals surface area contributed by atoms with Crippen LogP contribution in [0.3, 0.4) is 0 Å². The number of rotatable bonds is 4. The summed E-state index contributed by atoms with van der Waals surface area (Å²) in [6, 6.07) is 13.8.